The van der Waals surface area contributed by atoms with Gasteiger partial charge in [0.05, 0.1) is 7.11 Å². The van der Waals surface area contributed by atoms with Crippen molar-refractivity contribution in [2.24, 2.45) is 5.16 Å². The third-order valence-corrected chi connectivity index (χ3v) is 2.71. The van der Waals surface area contributed by atoms with Crippen molar-refractivity contribution in [2.45, 2.75) is 6.61 Å². The summed E-state index contributed by atoms with van der Waals surface area (Å²) in [6, 6.07) is 14.8. The average molecular weight is 275 g/mol. The second kappa shape index (κ2) is 6.81. The van der Waals surface area contributed by atoms with Crippen LogP contribution >= 0.6 is 11.6 Å². The maximum absolute atomic E-state index is 5.79. The van der Waals surface area contributed by atoms with Crippen LogP contribution in [0.15, 0.2) is 53.7 Å². The van der Waals surface area contributed by atoms with Crippen molar-refractivity contribution in [1.29, 1.82) is 0 Å². The zero-order valence-corrected chi connectivity index (χ0v) is 11.2. The lowest BCUT2D eigenvalue weighted by atomic mass is 10.2. The maximum Gasteiger partial charge on any atom is 0.142 e. The molecular formula is C15H13ClNO2. The predicted octanol–water partition coefficient (Wildman–Crippen LogP) is 3.78. The van der Waals surface area contributed by atoms with Crippen LogP contribution in [0.25, 0.3) is 0 Å². The third kappa shape index (κ3) is 4.30. The van der Waals surface area contributed by atoms with Gasteiger partial charge in [-0.15, -0.1) is 0 Å². The maximum atomic E-state index is 5.79. The van der Waals surface area contributed by atoms with Crippen LogP contribution in [0.1, 0.15) is 11.1 Å². The van der Waals surface area contributed by atoms with E-state index in [0.29, 0.717) is 11.6 Å². The Bertz CT molecular complexity index is 552. The summed E-state index contributed by atoms with van der Waals surface area (Å²) in [4.78, 5) is 5.17. The van der Waals surface area contributed by atoms with Crippen molar-refractivity contribution in [1.82, 2.24) is 0 Å². The average Bonchev–Trinajstić information content (AvgIpc) is 2.46. The minimum absolute atomic E-state index is 0.383. The monoisotopic (exact) mass is 274 g/mol. The summed E-state index contributed by atoms with van der Waals surface area (Å²) in [6.07, 6.45) is 2.80. The first-order chi connectivity index (χ1) is 9.28. The highest BCUT2D eigenvalue weighted by molar-refractivity contribution is 6.30. The Balaban J connectivity index is 1.87. The van der Waals surface area contributed by atoms with Crippen LogP contribution < -0.4 is 4.74 Å². The van der Waals surface area contributed by atoms with Gasteiger partial charge in [-0.1, -0.05) is 41.0 Å². The Morgan fingerprint density at radius 2 is 1.95 bits per heavy atom. The van der Waals surface area contributed by atoms with Crippen molar-refractivity contribution in [2.75, 3.05) is 7.11 Å². The van der Waals surface area contributed by atoms with Crippen molar-refractivity contribution in [3.63, 3.8) is 0 Å². The number of halogens is 1. The molecule has 3 nitrogen and oxygen atoms in total. The molecule has 0 saturated heterocycles. The van der Waals surface area contributed by atoms with Gasteiger partial charge in [-0.2, -0.15) is 0 Å². The van der Waals surface area contributed by atoms with Crippen LogP contribution in [0.3, 0.4) is 0 Å². The molecule has 19 heavy (non-hydrogen) atoms. The molecule has 0 bridgehead atoms. The number of methoxy groups -OCH3 is 1. The Hall–Kier alpha value is -2.00. The number of hydrogen-bond acceptors (Lipinski definition) is 3. The summed E-state index contributed by atoms with van der Waals surface area (Å²) in [5.41, 5.74) is 1.80. The van der Waals surface area contributed by atoms with Gasteiger partial charge in [-0.25, -0.2) is 0 Å². The van der Waals surface area contributed by atoms with E-state index in [-0.39, 0.29) is 0 Å². The Kier molecular flexibility index (Phi) is 4.81. The highest BCUT2D eigenvalue weighted by Gasteiger charge is 1.95. The van der Waals surface area contributed by atoms with E-state index in [1.807, 2.05) is 48.5 Å². The van der Waals surface area contributed by atoms with Crippen LogP contribution in [0.2, 0.25) is 5.02 Å². The summed E-state index contributed by atoms with van der Waals surface area (Å²) < 4.78 is 5.11. The molecule has 0 aliphatic rings. The first-order valence-corrected chi connectivity index (χ1v) is 6.12. The summed E-state index contributed by atoms with van der Waals surface area (Å²) in [5, 5.41) is 4.50. The first kappa shape index (κ1) is 13.4. The topological polar surface area (TPSA) is 30.8 Å². The van der Waals surface area contributed by atoms with Crippen LogP contribution in [-0.2, 0) is 11.4 Å². The normalized spacial score (nSPS) is 10.6. The molecule has 2 rings (SSSR count). The number of nitrogens with zero attached hydrogens (tertiary/aromatic N) is 1. The van der Waals surface area contributed by atoms with Crippen molar-refractivity contribution in [3.8, 4) is 5.75 Å². The van der Waals surface area contributed by atoms with E-state index in [1.54, 1.807) is 7.11 Å². The minimum atomic E-state index is 0.383. The molecule has 1 radical (unpaired) electrons. The van der Waals surface area contributed by atoms with Crippen molar-refractivity contribution >= 4 is 17.8 Å². The lowest BCUT2D eigenvalue weighted by Crippen LogP contribution is -1.89. The molecule has 0 spiro atoms. The summed E-state index contributed by atoms with van der Waals surface area (Å²) >= 11 is 5.79. The molecule has 97 valence electrons. The van der Waals surface area contributed by atoms with Gasteiger partial charge in [0.25, 0.3) is 0 Å². The highest BCUT2D eigenvalue weighted by atomic mass is 35.5. The largest absolute Gasteiger partial charge is 0.497 e. The Labute approximate surface area is 117 Å². The smallest absolute Gasteiger partial charge is 0.142 e. The second-order valence-corrected chi connectivity index (χ2v) is 4.27. The molecule has 0 saturated carbocycles. The molecule has 2 aromatic carbocycles. The molecule has 0 heterocycles. The van der Waals surface area contributed by atoms with Crippen molar-refractivity contribution in [3.05, 3.63) is 64.7 Å². The lowest BCUT2D eigenvalue weighted by Gasteiger charge is -2.00. The van der Waals surface area contributed by atoms with Crippen LogP contribution in [0, 0.1) is 0 Å². The van der Waals surface area contributed by atoms with Gasteiger partial charge in [0.2, 0.25) is 0 Å². The molecule has 0 aliphatic heterocycles. The van der Waals surface area contributed by atoms with Crippen LogP contribution in [-0.4, -0.2) is 13.3 Å². The number of ether oxygens (including phenoxy) is 1. The predicted molar refractivity (Wildman–Crippen MR) is 75.8 cm³/mol. The van der Waals surface area contributed by atoms with Gasteiger partial charge in [-0.05, 0) is 29.8 Å². The molecule has 4 heteroatoms. The van der Waals surface area contributed by atoms with Gasteiger partial charge in [0.1, 0.15) is 18.6 Å². The van der Waals surface area contributed by atoms with Gasteiger partial charge in [0, 0.05) is 10.6 Å². The number of rotatable bonds is 5. The van der Waals surface area contributed by atoms with Gasteiger partial charge in [-0.3, -0.25) is 0 Å². The van der Waals surface area contributed by atoms with Gasteiger partial charge < -0.3 is 9.57 Å². The molecule has 0 unspecified atom stereocenters. The molecule has 2 aromatic rings. The fraction of sp³-hybridized carbons (Fsp3) is 0.133. The summed E-state index contributed by atoms with van der Waals surface area (Å²) in [6.45, 7) is 0.383. The fourth-order valence-corrected chi connectivity index (χ4v) is 1.59. The fourth-order valence-electron chi connectivity index (χ4n) is 1.47. The van der Waals surface area contributed by atoms with Crippen LogP contribution in [0.4, 0.5) is 0 Å². The third-order valence-electron chi connectivity index (χ3n) is 2.45. The minimum Gasteiger partial charge on any atom is -0.497 e. The summed E-state index contributed by atoms with van der Waals surface area (Å²) in [5.74, 6) is 0.762. The molecule has 0 aromatic heterocycles. The number of benzene rings is 2. The SMILES string of the molecule is COc1cccc(/[C]=N\OCc2ccc(Cl)cc2)c1. The standard InChI is InChI=1S/C15H13ClNO2/c1-18-15-4-2-3-13(9-15)10-17-19-11-12-5-7-14(16)8-6-12/h2-9H,11H2,1H3. The molecular weight excluding hydrogens is 262 g/mol. The Morgan fingerprint density at radius 3 is 2.68 bits per heavy atom. The first-order valence-electron chi connectivity index (χ1n) is 5.74. The van der Waals surface area contributed by atoms with E-state index in [2.05, 4.69) is 11.4 Å². The summed E-state index contributed by atoms with van der Waals surface area (Å²) in [7, 11) is 1.62. The van der Waals surface area contributed by atoms with E-state index in [0.717, 1.165) is 16.9 Å². The molecule has 0 aliphatic carbocycles. The second-order valence-electron chi connectivity index (χ2n) is 3.83. The van der Waals surface area contributed by atoms with E-state index >= 15 is 0 Å². The van der Waals surface area contributed by atoms with Gasteiger partial charge in [0.15, 0.2) is 0 Å². The molecule has 0 fully saturated rings. The molecule has 0 N–H and O–H groups in total. The zero-order valence-electron chi connectivity index (χ0n) is 10.5. The Morgan fingerprint density at radius 1 is 1.16 bits per heavy atom. The zero-order chi connectivity index (χ0) is 13.5. The molecule has 0 amide bonds. The number of hydrogen-bond donors (Lipinski definition) is 0. The highest BCUT2D eigenvalue weighted by Crippen LogP contribution is 2.12. The quantitative estimate of drug-likeness (QED) is 0.614. The van der Waals surface area contributed by atoms with E-state index in [1.165, 1.54) is 0 Å². The lowest BCUT2D eigenvalue weighted by molar-refractivity contribution is 0.132. The van der Waals surface area contributed by atoms with E-state index in [9.17, 15) is 0 Å². The molecule has 0 atom stereocenters. The van der Waals surface area contributed by atoms with Crippen molar-refractivity contribution < 1.29 is 9.57 Å². The van der Waals surface area contributed by atoms with E-state index in [4.69, 9.17) is 21.2 Å². The van der Waals surface area contributed by atoms with E-state index < -0.39 is 0 Å². The van der Waals surface area contributed by atoms with Crippen LogP contribution in [0.5, 0.6) is 5.75 Å². The van der Waals surface area contributed by atoms with Gasteiger partial charge >= 0.3 is 0 Å².